The molecule has 1 atom stereocenters. The molecule has 1 aliphatic carbocycles. The van der Waals surface area contributed by atoms with Gasteiger partial charge in [0.2, 0.25) is 5.91 Å². The van der Waals surface area contributed by atoms with Crippen LogP contribution in [-0.4, -0.2) is 29.4 Å². The predicted molar refractivity (Wildman–Crippen MR) is 82.3 cm³/mol. The van der Waals surface area contributed by atoms with Crippen molar-refractivity contribution in [2.45, 2.75) is 52.2 Å². The molecule has 1 aliphatic rings. The topological polar surface area (TPSA) is 32.3 Å². The van der Waals surface area contributed by atoms with Crippen molar-refractivity contribution in [3.8, 4) is 0 Å². The molecule has 0 aromatic heterocycles. The Labute approximate surface area is 122 Å². The molecular formula is C17H26N2O. The second-order valence-corrected chi connectivity index (χ2v) is 6.19. The molecule has 0 heterocycles. The molecule has 0 radical (unpaired) electrons. The molecule has 110 valence electrons. The zero-order valence-corrected chi connectivity index (χ0v) is 12.8. The highest BCUT2D eigenvalue weighted by Gasteiger charge is 2.32. The first-order valence-corrected chi connectivity index (χ1v) is 7.63. The van der Waals surface area contributed by atoms with Gasteiger partial charge in [-0.15, -0.1) is 0 Å². The predicted octanol–water partition coefficient (Wildman–Crippen LogP) is 2.81. The van der Waals surface area contributed by atoms with Gasteiger partial charge >= 0.3 is 0 Å². The van der Waals surface area contributed by atoms with Crippen LogP contribution in [0.1, 0.15) is 39.2 Å². The van der Waals surface area contributed by atoms with E-state index in [1.807, 2.05) is 19.9 Å². The number of hydrogen-bond acceptors (Lipinski definition) is 2. The van der Waals surface area contributed by atoms with Gasteiger partial charge in [0.15, 0.2) is 0 Å². The summed E-state index contributed by atoms with van der Waals surface area (Å²) < 4.78 is 0. The van der Waals surface area contributed by atoms with Gasteiger partial charge in [0.05, 0.1) is 6.54 Å². The first kappa shape index (κ1) is 15.0. The third-order valence-corrected chi connectivity index (χ3v) is 3.91. The van der Waals surface area contributed by atoms with Crippen LogP contribution >= 0.6 is 0 Å². The minimum Gasteiger partial charge on any atom is -0.353 e. The van der Waals surface area contributed by atoms with E-state index in [0.29, 0.717) is 12.6 Å². The highest BCUT2D eigenvalue weighted by molar-refractivity contribution is 5.78. The summed E-state index contributed by atoms with van der Waals surface area (Å²) in [5.41, 5.74) is 1.28. The van der Waals surface area contributed by atoms with Crippen molar-refractivity contribution in [3.63, 3.8) is 0 Å². The first-order valence-electron chi connectivity index (χ1n) is 7.63. The van der Waals surface area contributed by atoms with Crippen LogP contribution in [0.25, 0.3) is 0 Å². The second kappa shape index (κ2) is 6.89. The van der Waals surface area contributed by atoms with Crippen LogP contribution in [-0.2, 0) is 11.3 Å². The van der Waals surface area contributed by atoms with Crippen molar-refractivity contribution in [1.82, 2.24) is 10.2 Å². The maximum Gasteiger partial charge on any atom is 0.234 e. The van der Waals surface area contributed by atoms with Crippen LogP contribution in [0.5, 0.6) is 0 Å². The molecule has 1 amide bonds. The Balaban J connectivity index is 1.98. The smallest absolute Gasteiger partial charge is 0.234 e. The van der Waals surface area contributed by atoms with Crippen LogP contribution in [0.2, 0.25) is 0 Å². The van der Waals surface area contributed by atoms with Crippen molar-refractivity contribution in [2.75, 3.05) is 6.54 Å². The lowest BCUT2D eigenvalue weighted by molar-refractivity contribution is -0.123. The summed E-state index contributed by atoms with van der Waals surface area (Å²) in [4.78, 5) is 14.4. The average Bonchev–Trinajstić information content (AvgIpc) is 3.21. The van der Waals surface area contributed by atoms with Crippen LogP contribution in [0.4, 0.5) is 0 Å². The van der Waals surface area contributed by atoms with E-state index in [1.165, 1.54) is 18.4 Å². The summed E-state index contributed by atoms with van der Waals surface area (Å²) in [6.45, 7) is 7.60. The Morgan fingerprint density at radius 1 is 1.25 bits per heavy atom. The van der Waals surface area contributed by atoms with Crippen LogP contribution in [0.3, 0.4) is 0 Å². The number of benzene rings is 1. The molecular weight excluding hydrogens is 248 g/mol. The third kappa shape index (κ3) is 4.64. The minimum atomic E-state index is 0.128. The van der Waals surface area contributed by atoms with E-state index in [0.717, 1.165) is 12.5 Å². The normalized spacial score (nSPS) is 16.4. The summed E-state index contributed by atoms with van der Waals surface area (Å²) in [5.74, 6) is 0.897. The summed E-state index contributed by atoms with van der Waals surface area (Å²) in [7, 11) is 0. The Morgan fingerprint density at radius 3 is 2.45 bits per heavy atom. The fourth-order valence-corrected chi connectivity index (χ4v) is 2.59. The molecule has 20 heavy (non-hydrogen) atoms. The molecule has 1 unspecified atom stereocenters. The van der Waals surface area contributed by atoms with Crippen LogP contribution in [0.15, 0.2) is 30.3 Å². The molecule has 1 aromatic rings. The zero-order valence-electron chi connectivity index (χ0n) is 12.8. The van der Waals surface area contributed by atoms with E-state index < -0.39 is 0 Å². The second-order valence-electron chi connectivity index (χ2n) is 6.19. The summed E-state index contributed by atoms with van der Waals surface area (Å²) >= 11 is 0. The average molecular weight is 274 g/mol. The Kier molecular flexibility index (Phi) is 5.18. The molecule has 1 aromatic carbocycles. The quantitative estimate of drug-likeness (QED) is 0.829. The van der Waals surface area contributed by atoms with E-state index in [1.54, 1.807) is 0 Å². The van der Waals surface area contributed by atoms with E-state index in [9.17, 15) is 4.79 Å². The van der Waals surface area contributed by atoms with E-state index in [4.69, 9.17) is 0 Å². The van der Waals surface area contributed by atoms with Gasteiger partial charge in [0.1, 0.15) is 0 Å². The van der Waals surface area contributed by atoms with Crippen molar-refractivity contribution >= 4 is 5.91 Å². The lowest BCUT2D eigenvalue weighted by Crippen LogP contribution is -2.44. The third-order valence-electron chi connectivity index (χ3n) is 3.91. The minimum absolute atomic E-state index is 0.128. The van der Waals surface area contributed by atoms with Gasteiger partial charge in [-0.1, -0.05) is 30.3 Å². The SMILES string of the molecule is CC(C)NC(=O)CN(Cc1ccccc1)C(C)C1CC1. The number of nitrogens with zero attached hydrogens (tertiary/aromatic N) is 1. The lowest BCUT2D eigenvalue weighted by atomic mass is 10.1. The highest BCUT2D eigenvalue weighted by Crippen LogP contribution is 2.35. The summed E-state index contributed by atoms with van der Waals surface area (Å²) in [6, 6.07) is 11.1. The fraction of sp³-hybridized carbons (Fsp3) is 0.588. The number of carbonyl (C=O) groups excluding carboxylic acids is 1. The maximum absolute atomic E-state index is 12.0. The number of amides is 1. The van der Waals surface area contributed by atoms with Gasteiger partial charge in [-0.3, -0.25) is 9.69 Å². The van der Waals surface area contributed by atoms with Gasteiger partial charge < -0.3 is 5.32 Å². The molecule has 2 rings (SSSR count). The Morgan fingerprint density at radius 2 is 1.90 bits per heavy atom. The lowest BCUT2D eigenvalue weighted by Gasteiger charge is -2.29. The molecule has 0 spiro atoms. The molecule has 0 bridgehead atoms. The monoisotopic (exact) mass is 274 g/mol. The maximum atomic E-state index is 12.0. The van der Waals surface area contributed by atoms with Crippen LogP contribution < -0.4 is 5.32 Å². The summed E-state index contributed by atoms with van der Waals surface area (Å²) in [5, 5.41) is 2.99. The summed E-state index contributed by atoms with van der Waals surface area (Å²) in [6.07, 6.45) is 2.61. The van der Waals surface area contributed by atoms with Gasteiger partial charge in [0.25, 0.3) is 0 Å². The number of carbonyl (C=O) groups is 1. The standard InChI is InChI=1S/C17H26N2O/c1-13(2)18-17(20)12-19(14(3)16-9-10-16)11-15-7-5-4-6-8-15/h4-8,13-14,16H,9-12H2,1-3H3,(H,18,20). The van der Waals surface area contributed by atoms with E-state index in [2.05, 4.69) is 41.4 Å². The van der Waals surface area contributed by atoms with Gasteiger partial charge in [-0.2, -0.15) is 0 Å². The van der Waals surface area contributed by atoms with E-state index in [-0.39, 0.29) is 11.9 Å². The van der Waals surface area contributed by atoms with Gasteiger partial charge in [0, 0.05) is 18.6 Å². The zero-order chi connectivity index (χ0) is 14.5. The molecule has 3 nitrogen and oxygen atoms in total. The molecule has 0 saturated heterocycles. The molecule has 0 aliphatic heterocycles. The largest absolute Gasteiger partial charge is 0.353 e. The number of nitrogens with one attached hydrogen (secondary N) is 1. The Bertz CT molecular complexity index is 426. The van der Waals surface area contributed by atoms with Crippen molar-refractivity contribution < 1.29 is 4.79 Å². The number of hydrogen-bond donors (Lipinski definition) is 1. The molecule has 1 fully saturated rings. The van der Waals surface area contributed by atoms with E-state index >= 15 is 0 Å². The van der Waals surface area contributed by atoms with Crippen LogP contribution in [0, 0.1) is 5.92 Å². The highest BCUT2D eigenvalue weighted by atomic mass is 16.2. The fourth-order valence-electron chi connectivity index (χ4n) is 2.59. The number of rotatable bonds is 7. The molecule has 1 saturated carbocycles. The van der Waals surface area contributed by atoms with Gasteiger partial charge in [-0.25, -0.2) is 0 Å². The first-order chi connectivity index (χ1) is 9.56. The molecule has 1 N–H and O–H groups in total. The van der Waals surface area contributed by atoms with Crippen molar-refractivity contribution in [1.29, 1.82) is 0 Å². The van der Waals surface area contributed by atoms with Gasteiger partial charge in [-0.05, 0) is 45.1 Å². The van der Waals surface area contributed by atoms with Crippen molar-refractivity contribution in [2.24, 2.45) is 5.92 Å². The van der Waals surface area contributed by atoms with Crippen molar-refractivity contribution in [3.05, 3.63) is 35.9 Å². The molecule has 3 heteroatoms. The Hall–Kier alpha value is -1.35.